The van der Waals surface area contributed by atoms with Gasteiger partial charge in [-0.15, -0.1) is 0 Å². The first-order chi connectivity index (χ1) is 15.8. The molecule has 166 valence electrons. The summed E-state index contributed by atoms with van der Waals surface area (Å²) >= 11 is 18.3. The van der Waals surface area contributed by atoms with E-state index < -0.39 is 17.7 Å². The molecule has 1 heterocycles. The van der Waals surface area contributed by atoms with Crippen molar-refractivity contribution in [1.29, 1.82) is 0 Å². The molecular formula is C24H16Cl3N3O3. The third-order valence-electron chi connectivity index (χ3n) is 4.91. The number of nitrogens with zero attached hydrogens (tertiary/aromatic N) is 1. The standard InChI is InChI=1S/C24H16Cl3N3O3/c1-13-8-10-16(11-9-13)30-23(32)20(27)21(24(30)33)28-15-5-2-4-14(12-15)22(31)29-18-7-3-6-17(25)19(18)26/h2-12,28H,1H3,(H,29,31). The van der Waals surface area contributed by atoms with E-state index in [1.807, 2.05) is 6.92 Å². The summed E-state index contributed by atoms with van der Waals surface area (Å²) in [6.07, 6.45) is 0. The van der Waals surface area contributed by atoms with Crippen LogP contribution in [0.25, 0.3) is 0 Å². The lowest BCUT2D eigenvalue weighted by molar-refractivity contribution is -0.120. The molecule has 33 heavy (non-hydrogen) atoms. The van der Waals surface area contributed by atoms with E-state index in [0.29, 0.717) is 27.6 Å². The molecule has 0 fully saturated rings. The highest BCUT2D eigenvalue weighted by Crippen LogP contribution is 2.31. The minimum absolute atomic E-state index is 0.0716. The fourth-order valence-corrected chi connectivity index (χ4v) is 3.78. The minimum Gasteiger partial charge on any atom is -0.350 e. The van der Waals surface area contributed by atoms with Crippen molar-refractivity contribution >= 4 is 69.6 Å². The normalized spacial score (nSPS) is 13.5. The van der Waals surface area contributed by atoms with E-state index in [1.165, 1.54) is 6.07 Å². The van der Waals surface area contributed by atoms with Crippen LogP contribution in [0.1, 0.15) is 15.9 Å². The van der Waals surface area contributed by atoms with E-state index in [1.54, 1.807) is 60.7 Å². The summed E-state index contributed by atoms with van der Waals surface area (Å²) in [5.74, 6) is -1.65. The van der Waals surface area contributed by atoms with Gasteiger partial charge in [-0.1, -0.05) is 64.6 Å². The van der Waals surface area contributed by atoms with Gasteiger partial charge in [-0.3, -0.25) is 14.4 Å². The Morgan fingerprint density at radius 2 is 1.58 bits per heavy atom. The summed E-state index contributed by atoms with van der Waals surface area (Å²) in [5.41, 5.74) is 2.39. The number of benzene rings is 3. The third-order valence-corrected chi connectivity index (χ3v) is 6.08. The Kier molecular flexibility index (Phi) is 6.42. The maximum absolute atomic E-state index is 12.9. The van der Waals surface area contributed by atoms with Crippen molar-refractivity contribution in [2.75, 3.05) is 15.5 Å². The predicted octanol–water partition coefficient (Wildman–Crippen LogP) is 5.99. The Labute approximate surface area is 204 Å². The van der Waals surface area contributed by atoms with Gasteiger partial charge in [0, 0.05) is 11.3 Å². The summed E-state index contributed by atoms with van der Waals surface area (Å²) in [6.45, 7) is 1.90. The maximum atomic E-state index is 12.9. The molecule has 0 spiro atoms. The molecule has 1 aliphatic rings. The SMILES string of the molecule is Cc1ccc(N2C(=O)C(Cl)=C(Nc3cccc(C(=O)Nc4cccc(Cl)c4Cl)c3)C2=O)cc1. The Bertz CT molecular complexity index is 1320. The number of halogens is 3. The van der Waals surface area contributed by atoms with Crippen LogP contribution in [-0.2, 0) is 9.59 Å². The highest BCUT2D eigenvalue weighted by molar-refractivity contribution is 6.53. The first-order valence-electron chi connectivity index (χ1n) is 9.74. The maximum Gasteiger partial charge on any atom is 0.283 e. The number of amides is 3. The Hall–Kier alpha value is -3.32. The van der Waals surface area contributed by atoms with E-state index in [0.717, 1.165) is 10.5 Å². The Morgan fingerprint density at radius 1 is 0.879 bits per heavy atom. The Balaban J connectivity index is 1.55. The molecular weight excluding hydrogens is 485 g/mol. The predicted molar refractivity (Wildman–Crippen MR) is 131 cm³/mol. The molecule has 0 unspecified atom stereocenters. The van der Waals surface area contributed by atoms with Gasteiger partial charge < -0.3 is 10.6 Å². The number of carbonyl (C=O) groups excluding carboxylic acids is 3. The average Bonchev–Trinajstić information content (AvgIpc) is 3.01. The van der Waals surface area contributed by atoms with Crippen LogP contribution in [0.2, 0.25) is 10.0 Å². The highest BCUT2D eigenvalue weighted by Gasteiger charge is 2.38. The topological polar surface area (TPSA) is 78.5 Å². The van der Waals surface area contributed by atoms with Crippen molar-refractivity contribution in [3.8, 4) is 0 Å². The zero-order valence-electron chi connectivity index (χ0n) is 17.2. The molecule has 1 aliphatic heterocycles. The second-order valence-corrected chi connectivity index (χ2v) is 8.39. The molecule has 0 saturated heterocycles. The molecule has 3 amide bonds. The molecule has 0 aromatic heterocycles. The van der Waals surface area contributed by atoms with Gasteiger partial charge in [0.25, 0.3) is 17.7 Å². The third kappa shape index (κ3) is 4.59. The van der Waals surface area contributed by atoms with Crippen LogP contribution in [0.5, 0.6) is 0 Å². The molecule has 4 rings (SSSR count). The number of carbonyl (C=O) groups is 3. The number of rotatable bonds is 5. The van der Waals surface area contributed by atoms with Gasteiger partial charge in [0.2, 0.25) is 0 Å². The van der Waals surface area contributed by atoms with E-state index in [-0.39, 0.29) is 15.8 Å². The fourth-order valence-electron chi connectivity index (χ4n) is 3.22. The lowest BCUT2D eigenvalue weighted by atomic mass is 10.1. The molecule has 3 aromatic carbocycles. The van der Waals surface area contributed by atoms with E-state index >= 15 is 0 Å². The number of nitrogens with one attached hydrogen (secondary N) is 2. The fraction of sp³-hybridized carbons (Fsp3) is 0.0417. The van der Waals surface area contributed by atoms with Crippen molar-refractivity contribution in [2.24, 2.45) is 0 Å². The summed E-state index contributed by atoms with van der Waals surface area (Å²) in [5, 5.41) is 5.87. The first-order valence-corrected chi connectivity index (χ1v) is 10.9. The van der Waals surface area contributed by atoms with Crippen molar-refractivity contribution in [1.82, 2.24) is 0 Å². The largest absolute Gasteiger partial charge is 0.350 e. The lowest BCUT2D eigenvalue weighted by Crippen LogP contribution is -2.32. The summed E-state index contributed by atoms with van der Waals surface area (Å²) in [6, 6.07) is 18.2. The number of anilines is 3. The zero-order chi connectivity index (χ0) is 23.7. The van der Waals surface area contributed by atoms with Crippen molar-refractivity contribution in [3.05, 3.63) is 98.6 Å². The second-order valence-electron chi connectivity index (χ2n) is 7.23. The van der Waals surface area contributed by atoms with Crippen LogP contribution >= 0.6 is 34.8 Å². The van der Waals surface area contributed by atoms with Crippen molar-refractivity contribution < 1.29 is 14.4 Å². The van der Waals surface area contributed by atoms with Crippen molar-refractivity contribution in [2.45, 2.75) is 6.92 Å². The molecule has 6 nitrogen and oxygen atoms in total. The molecule has 2 N–H and O–H groups in total. The first kappa shape index (κ1) is 22.9. The quantitative estimate of drug-likeness (QED) is 0.422. The molecule has 0 aliphatic carbocycles. The van der Waals surface area contributed by atoms with E-state index in [2.05, 4.69) is 10.6 Å². The van der Waals surface area contributed by atoms with E-state index in [9.17, 15) is 14.4 Å². The molecule has 0 atom stereocenters. The smallest absolute Gasteiger partial charge is 0.283 e. The summed E-state index contributed by atoms with van der Waals surface area (Å²) in [7, 11) is 0. The number of hydrogen-bond donors (Lipinski definition) is 2. The van der Waals surface area contributed by atoms with Crippen LogP contribution < -0.4 is 15.5 Å². The molecule has 0 radical (unpaired) electrons. The van der Waals surface area contributed by atoms with Crippen LogP contribution in [0.3, 0.4) is 0 Å². The van der Waals surface area contributed by atoms with Crippen LogP contribution in [-0.4, -0.2) is 17.7 Å². The van der Waals surface area contributed by atoms with Gasteiger partial charge in [-0.05, 0) is 49.4 Å². The van der Waals surface area contributed by atoms with Gasteiger partial charge in [0.05, 0.1) is 21.4 Å². The van der Waals surface area contributed by atoms with Gasteiger partial charge in [0.1, 0.15) is 10.7 Å². The summed E-state index contributed by atoms with van der Waals surface area (Å²) in [4.78, 5) is 39.3. The van der Waals surface area contributed by atoms with Crippen LogP contribution in [0, 0.1) is 6.92 Å². The second kappa shape index (κ2) is 9.27. The number of hydrogen-bond acceptors (Lipinski definition) is 4. The minimum atomic E-state index is -0.627. The van der Waals surface area contributed by atoms with Gasteiger partial charge in [-0.2, -0.15) is 0 Å². The molecule has 9 heteroatoms. The van der Waals surface area contributed by atoms with E-state index in [4.69, 9.17) is 34.8 Å². The zero-order valence-corrected chi connectivity index (χ0v) is 19.4. The monoisotopic (exact) mass is 499 g/mol. The number of aryl methyl sites for hydroxylation is 1. The van der Waals surface area contributed by atoms with Gasteiger partial charge in [-0.25, -0.2) is 4.90 Å². The lowest BCUT2D eigenvalue weighted by Gasteiger charge is -2.15. The van der Waals surface area contributed by atoms with Gasteiger partial charge >= 0.3 is 0 Å². The van der Waals surface area contributed by atoms with Crippen molar-refractivity contribution in [3.63, 3.8) is 0 Å². The average molecular weight is 501 g/mol. The highest BCUT2D eigenvalue weighted by atomic mass is 35.5. The summed E-state index contributed by atoms with van der Waals surface area (Å²) < 4.78 is 0. The molecule has 3 aromatic rings. The Morgan fingerprint density at radius 3 is 2.30 bits per heavy atom. The molecule has 0 bridgehead atoms. The van der Waals surface area contributed by atoms with Gasteiger partial charge in [0.15, 0.2) is 0 Å². The molecule has 0 saturated carbocycles. The number of imide groups is 1. The van der Waals surface area contributed by atoms with Crippen LogP contribution in [0.15, 0.2) is 77.5 Å². The van der Waals surface area contributed by atoms with Crippen LogP contribution in [0.4, 0.5) is 17.1 Å².